The molecule has 214 valence electrons. The zero-order valence-electron chi connectivity index (χ0n) is 22.0. The van der Waals surface area contributed by atoms with E-state index in [2.05, 4.69) is 41.1 Å². The van der Waals surface area contributed by atoms with Gasteiger partial charge < -0.3 is 15.1 Å². The summed E-state index contributed by atoms with van der Waals surface area (Å²) in [7, 11) is 0. The minimum absolute atomic E-state index is 0.0760. The minimum atomic E-state index is -4.87. The molecule has 1 aliphatic carbocycles. The summed E-state index contributed by atoms with van der Waals surface area (Å²) in [5.41, 5.74) is 0.240. The van der Waals surface area contributed by atoms with E-state index in [1.165, 1.54) is 24.7 Å². The number of rotatable bonds is 7. The molecule has 41 heavy (non-hydrogen) atoms. The summed E-state index contributed by atoms with van der Waals surface area (Å²) in [6, 6.07) is 2.36. The first kappa shape index (κ1) is 28.1. The number of carbonyl (C=O) groups excluding carboxylic acids is 2. The van der Waals surface area contributed by atoms with Gasteiger partial charge in [0.15, 0.2) is 5.69 Å². The van der Waals surface area contributed by atoms with Crippen molar-refractivity contribution in [2.24, 2.45) is 0 Å². The van der Waals surface area contributed by atoms with E-state index in [0.29, 0.717) is 53.3 Å². The van der Waals surface area contributed by atoms with Crippen LogP contribution >= 0.6 is 11.3 Å². The number of alkyl halides is 3. The Kier molecular flexibility index (Phi) is 7.97. The van der Waals surface area contributed by atoms with Crippen LogP contribution in [0.15, 0.2) is 35.1 Å². The van der Waals surface area contributed by atoms with Crippen molar-refractivity contribution in [1.82, 2.24) is 35.8 Å². The molecule has 0 spiro atoms. The van der Waals surface area contributed by atoms with Crippen LogP contribution in [0.4, 0.5) is 23.8 Å². The second kappa shape index (κ2) is 11.6. The molecule has 1 aliphatic rings. The predicted molar refractivity (Wildman–Crippen MR) is 144 cm³/mol. The van der Waals surface area contributed by atoms with E-state index in [1.54, 1.807) is 19.9 Å². The molecular formula is C26H25F3N8O3S. The molecule has 5 rings (SSSR count). The molecule has 0 atom stereocenters. The van der Waals surface area contributed by atoms with E-state index in [-0.39, 0.29) is 28.3 Å². The highest BCUT2D eigenvalue weighted by Gasteiger charge is 2.40. The number of anilines is 1. The van der Waals surface area contributed by atoms with Crippen LogP contribution in [0, 0.1) is 6.92 Å². The molecule has 11 nitrogen and oxygen atoms in total. The van der Waals surface area contributed by atoms with Crippen LogP contribution in [-0.4, -0.2) is 49.7 Å². The third-order valence-electron chi connectivity index (χ3n) is 6.33. The number of urea groups is 1. The van der Waals surface area contributed by atoms with Gasteiger partial charge in [0.05, 0.1) is 5.56 Å². The molecule has 1 fully saturated rings. The molecule has 15 heteroatoms. The average molecular weight is 587 g/mol. The second-order valence-electron chi connectivity index (χ2n) is 9.34. The third kappa shape index (κ3) is 6.34. The molecule has 3 amide bonds. The van der Waals surface area contributed by atoms with Gasteiger partial charge in [-0.15, -0.1) is 21.5 Å². The number of aromatic nitrogens is 5. The van der Waals surface area contributed by atoms with E-state index in [9.17, 15) is 22.8 Å². The molecular weight excluding hydrogens is 561 g/mol. The fourth-order valence-corrected chi connectivity index (χ4v) is 5.49. The molecule has 4 aromatic rings. The van der Waals surface area contributed by atoms with Gasteiger partial charge in [-0.3, -0.25) is 15.1 Å². The van der Waals surface area contributed by atoms with Crippen molar-refractivity contribution in [2.75, 3.05) is 11.9 Å². The molecule has 3 N–H and O–H groups in total. The molecule has 0 aliphatic heterocycles. The van der Waals surface area contributed by atoms with Gasteiger partial charge in [-0.1, -0.05) is 12.8 Å². The van der Waals surface area contributed by atoms with Crippen LogP contribution < -0.4 is 16.0 Å². The van der Waals surface area contributed by atoms with Crippen LogP contribution in [0.1, 0.15) is 53.9 Å². The Morgan fingerprint density at radius 1 is 1.07 bits per heavy atom. The highest BCUT2D eigenvalue weighted by atomic mass is 32.1. The Balaban J connectivity index is 1.61. The number of halogens is 3. The number of hydrogen-bond donors (Lipinski definition) is 3. The van der Waals surface area contributed by atoms with E-state index >= 15 is 0 Å². The average Bonchev–Trinajstić information content (AvgIpc) is 3.70. The lowest BCUT2D eigenvalue weighted by Crippen LogP contribution is -2.33. The molecule has 4 aromatic heterocycles. The first-order valence-electron chi connectivity index (χ1n) is 12.8. The van der Waals surface area contributed by atoms with Crippen molar-refractivity contribution < 1.29 is 27.2 Å². The Bertz CT molecular complexity index is 1580. The maximum Gasteiger partial charge on any atom is 0.435 e. The number of pyridine rings is 2. The summed E-state index contributed by atoms with van der Waals surface area (Å²) in [4.78, 5) is 37.0. The highest BCUT2D eigenvalue weighted by molar-refractivity contribution is 7.17. The molecule has 0 unspecified atom stereocenters. The van der Waals surface area contributed by atoms with E-state index in [0.717, 1.165) is 12.8 Å². The third-order valence-corrected chi connectivity index (χ3v) is 7.42. The maximum absolute atomic E-state index is 14.1. The lowest BCUT2D eigenvalue weighted by Gasteiger charge is -2.12. The standard InChI is InChI=1S/C26H25F3N8O3S/c1-3-31-25(39)34-19-9-17(18(12-32-19)14-8-15(11-30-10-14)23-37-36-13(2)40-23)24-35-21(26(27,28)29)20(41-24)22(38)33-16-6-4-5-7-16/h8-12,16H,3-7H2,1-2H3,(H,33,38)(H2,31,32,34,39). The number of carbonyl (C=O) groups is 2. The number of hydrogen-bond acceptors (Lipinski definition) is 9. The number of amides is 3. The van der Waals surface area contributed by atoms with Gasteiger partial charge in [0.25, 0.3) is 5.91 Å². The summed E-state index contributed by atoms with van der Waals surface area (Å²) in [6.07, 6.45) is 2.76. The Morgan fingerprint density at radius 3 is 2.51 bits per heavy atom. The molecule has 1 saturated carbocycles. The summed E-state index contributed by atoms with van der Waals surface area (Å²) < 4.78 is 47.8. The predicted octanol–water partition coefficient (Wildman–Crippen LogP) is 5.46. The molecule has 0 radical (unpaired) electrons. The van der Waals surface area contributed by atoms with Crippen LogP contribution in [0.3, 0.4) is 0 Å². The summed E-state index contributed by atoms with van der Waals surface area (Å²) >= 11 is 0.621. The zero-order chi connectivity index (χ0) is 29.1. The fraction of sp³-hybridized carbons (Fsp3) is 0.346. The summed E-state index contributed by atoms with van der Waals surface area (Å²) in [5, 5.41) is 15.6. The summed E-state index contributed by atoms with van der Waals surface area (Å²) in [5.74, 6) is -0.188. The first-order chi connectivity index (χ1) is 19.6. The van der Waals surface area contributed by atoms with E-state index in [1.807, 2.05) is 0 Å². The molecule has 0 saturated heterocycles. The highest BCUT2D eigenvalue weighted by Crippen LogP contribution is 2.41. The Labute approximate surface area is 236 Å². The van der Waals surface area contributed by atoms with Crippen LogP contribution in [0.25, 0.3) is 33.2 Å². The molecule has 0 bridgehead atoms. The van der Waals surface area contributed by atoms with Crippen molar-refractivity contribution in [3.8, 4) is 33.2 Å². The second-order valence-corrected chi connectivity index (χ2v) is 10.3. The topological polar surface area (TPSA) is 148 Å². The van der Waals surface area contributed by atoms with Gasteiger partial charge >= 0.3 is 12.2 Å². The lowest BCUT2D eigenvalue weighted by molar-refractivity contribution is -0.141. The SMILES string of the molecule is CCNC(=O)Nc1cc(-c2nc(C(F)(F)F)c(C(=O)NC3CCCC3)s2)c(-c2cncc(-c3nnc(C)o3)c2)cn1. The number of thiazole rings is 1. The fourth-order valence-electron chi connectivity index (χ4n) is 4.47. The number of nitrogens with zero attached hydrogens (tertiary/aromatic N) is 5. The van der Waals surface area contributed by atoms with Crippen molar-refractivity contribution >= 4 is 29.1 Å². The lowest BCUT2D eigenvalue weighted by atomic mass is 10.0. The van der Waals surface area contributed by atoms with Crippen LogP contribution in [0.5, 0.6) is 0 Å². The van der Waals surface area contributed by atoms with Gasteiger partial charge in [-0.2, -0.15) is 13.2 Å². The van der Waals surface area contributed by atoms with Crippen molar-refractivity contribution in [3.05, 3.63) is 47.2 Å². The largest absolute Gasteiger partial charge is 0.435 e. The van der Waals surface area contributed by atoms with Gasteiger partial charge in [0.2, 0.25) is 11.8 Å². The number of nitrogens with one attached hydrogen (secondary N) is 3. The van der Waals surface area contributed by atoms with Crippen molar-refractivity contribution in [3.63, 3.8) is 0 Å². The van der Waals surface area contributed by atoms with Gasteiger partial charge in [0.1, 0.15) is 15.7 Å². The Morgan fingerprint density at radius 2 is 1.83 bits per heavy atom. The Hall–Kier alpha value is -4.40. The molecule has 0 aromatic carbocycles. The first-order valence-corrected chi connectivity index (χ1v) is 13.6. The quantitative estimate of drug-likeness (QED) is 0.259. The minimum Gasteiger partial charge on any atom is -0.421 e. The maximum atomic E-state index is 14.1. The van der Waals surface area contributed by atoms with Gasteiger partial charge in [0, 0.05) is 54.8 Å². The van der Waals surface area contributed by atoms with Crippen molar-refractivity contribution in [1.29, 1.82) is 0 Å². The van der Waals surface area contributed by atoms with Gasteiger partial charge in [-0.25, -0.2) is 14.8 Å². The number of aryl methyl sites for hydroxylation is 1. The summed E-state index contributed by atoms with van der Waals surface area (Å²) in [6.45, 7) is 3.72. The van der Waals surface area contributed by atoms with E-state index in [4.69, 9.17) is 4.42 Å². The van der Waals surface area contributed by atoms with Crippen molar-refractivity contribution in [2.45, 2.75) is 51.7 Å². The normalized spacial score (nSPS) is 13.8. The van der Waals surface area contributed by atoms with E-state index < -0.39 is 28.7 Å². The monoisotopic (exact) mass is 586 g/mol. The molecule has 4 heterocycles. The smallest absolute Gasteiger partial charge is 0.421 e. The van der Waals surface area contributed by atoms with Crippen LogP contribution in [0.2, 0.25) is 0 Å². The van der Waals surface area contributed by atoms with Crippen LogP contribution in [-0.2, 0) is 6.18 Å². The van der Waals surface area contributed by atoms with Gasteiger partial charge in [-0.05, 0) is 31.9 Å². The zero-order valence-corrected chi connectivity index (χ0v) is 22.8.